The second kappa shape index (κ2) is 9.11. The first-order chi connectivity index (χ1) is 14.6. The summed E-state index contributed by atoms with van der Waals surface area (Å²) in [4.78, 5) is 29.6. The van der Waals surface area contributed by atoms with E-state index in [4.69, 9.17) is 5.73 Å². The van der Waals surface area contributed by atoms with Gasteiger partial charge in [0, 0.05) is 24.5 Å². The fourth-order valence-electron chi connectivity index (χ4n) is 5.23. The summed E-state index contributed by atoms with van der Waals surface area (Å²) in [6, 6.07) is 20.4. The van der Waals surface area contributed by atoms with Crippen molar-refractivity contribution in [2.75, 3.05) is 26.2 Å². The molecule has 2 fully saturated rings. The smallest absolute Gasteiger partial charge is 0.236 e. The minimum absolute atomic E-state index is 0.102. The number of rotatable bonds is 5. The van der Waals surface area contributed by atoms with E-state index in [-0.39, 0.29) is 24.5 Å². The Balaban J connectivity index is 1.66. The lowest BCUT2D eigenvalue weighted by Gasteiger charge is -2.48. The highest BCUT2D eigenvalue weighted by Gasteiger charge is 2.47. The van der Waals surface area contributed by atoms with Crippen molar-refractivity contribution in [1.29, 1.82) is 0 Å². The van der Waals surface area contributed by atoms with Crippen LogP contribution in [-0.4, -0.2) is 60.3 Å². The molecule has 5 nitrogen and oxygen atoms in total. The Labute approximate surface area is 178 Å². The normalized spacial score (nSPS) is 22.6. The van der Waals surface area contributed by atoms with Crippen molar-refractivity contribution in [3.63, 3.8) is 0 Å². The van der Waals surface area contributed by atoms with Crippen LogP contribution in [0, 0.1) is 0 Å². The van der Waals surface area contributed by atoms with Crippen LogP contribution in [0.5, 0.6) is 0 Å². The minimum atomic E-state index is -0.451. The second-order valence-electron chi connectivity index (χ2n) is 8.58. The molecule has 2 saturated heterocycles. The molecule has 0 bridgehead atoms. The zero-order valence-corrected chi connectivity index (χ0v) is 17.5. The number of amides is 1. The maximum Gasteiger partial charge on any atom is 0.236 e. The van der Waals surface area contributed by atoms with Gasteiger partial charge in [-0.3, -0.25) is 9.69 Å². The summed E-state index contributed by atoms with van der Waals surface area (Å²) < 4.78 is 0. The molecule has 2 aromatic carbocycles. The van der Waals surface area contributed by atoms with E-state index < -0.39 is 5.41 Å². The van der Waals surface area contributed by atoms with Crippen LogP contribution < -0.4 is 5.73 Å². The average molecular weight is 406 g/mol. The van der Waals surface area contributed by atoms with Crippen LogP contribution in [0.2, 0.25) is 0 Å². The molecule has 0 aliphatic carbocycles. The average Bonchev–Trinajstić information content (AvgIpc) is 2.80. The van der Waals surface area contributed by atoms with E-state index in [1.54, 1.807) is 0 Å². The van der Waals surface area contributed by atoms with Crippen molar-refractivity contribution in [1.82, 2.24) is 9.80 Å². The van der Waals surface area contributed by atoms with Gasteiger partial charge < -0.3 is 15.4 Å². The third-order valence-electron chi connectivity index (χ3n) is 6.85. The summed E-state index contributed by atoms with van der Waals surface area (Å²) in [6.07, 6.45) is 4.57. The van der Waals surface area contributed by atoms with Gasteiger partial charge in [0.05, 0.1) is 12.6 Å². The van der Waals surface area contributed by atoms with Gasteiger partial charge in [-0.1, -0.05) is 60.7 Å². The summed E-state index contributed by atoms with van der Waals surface area (Å²) in [5, 5.41) is 0. The predicted octanol–water partition coefficient (Wildman–Crippen LogP) is 2.59. The Morgan fingerprint density at radius 1 is 0.967 bits per heavy atom. The number of likely N-dealkylation sites (tertiary alicyclic amines) is 2. The maximum absolute atomic E-state index is 13.0. The molecule has 5 heteroatoms. The Morgan fingerprint density at radius 3 is 2.07 bits per heavy atom. The van der Waals surface area contributed by atoms with Crippen molar-refractivity contribution in [2.45, 2.75) is 43.2 Å². The van der Waals surface area contributed by atoms with Gasteiger partial charge in [-0.05, 0) is 43.4 Å². The summed E-state index contributed by atoms with van der Waals surface area (Å²) in [7, 11) is 0. The van der Waals surface area contributed by atoms with Gasteiger partial charge >= 0.3 is 0 Å². The number of nitrogens with zero attached hydrogens (tertiary/aromatic N) is 2. The van der Waals surface area contributed by atoms with Crippen LogP contribution in [0.25, 0.3) is 0 Å². The predicted molar refractivity (Wildman–Crippen MR) is 118 cm³/mol. The molecule has 0 aromatic heterocycles. The van der Waals surface area contributed by atoms with Crippen LogP contribution >= 0.6 is 0 Å². The van der Waals surface area contributed by atoms with E-state index in [1.165, 1.54) is 0 Å². The molecule has 2 aromatic rings. The van der Waals surface area contributed by atoms with E-state index in [0.29, 0.717) is 13.1 Å². The summed E-state index contributed by atoms with van der Waals surface area (Å²) in [5.41, 5.74) is 7.81. The standard InChI is InChI=1S/C25H31N3O2/c26-22-12-16-27(17-13-22)24(30)18-28-15-7-14-25(23(28)19-29,20-8-3-1-4-9-20)21-10-5-2-6-11-21/h1-6,8-11,19,22-23H,7,12-18,26H2. The molecule has 1 atom stereocenters. The highest BCUT2D eigenvalue weighted by molar-refractivity contribution is 5.79. The van der Waals surface area contributed by atoms with Crippen molar-refractivity contribution < 1.29 is 9.59 Å². The topological polar surface area (TPSA) is 66.6 Å². The zero-order valence-electron chi connectivity index (χ0n) is 17.5. The highest BCUT2D eigenvalue weighted by Crippen LogP contribution is 2.44. The van der Waals surface area contributed by atoms with Crippen molar-refractivity contribution >= 4 is 12.2 Å². The third-order valence-corrected chi connectivity index (χ3v) is 6.85. The van der Waals surface area contributed by atoms with Crippen LogP contribution in [0.3, 0.4) is 0 Å². The van der Waals surface area contributed by atoms with Crippen molar-refractivity contribution in [2.24, 2.45) is 5.73 Å². The molecule has 2 heterocycles. The van der Waals surface area contributed by atoms with E-state index in [2.05, 4.69) is 29.2 Å². The molecule has 1 unspecified atom stereocenters. The SMILES string of the molecule is NC1CCN(C(=O)CN2CCCC(c3ccccc3)(c3ccccc3)C2C=O)CC1. The summed E-state index contributed by atoms with van der Waals surface area (Å²) in [6.45, 7) is 2.45. The fraction of sp³-hybridized carbons (Fsp3) is 0.440. The fourth-order valence-corrected chi connectivity index (χ4v) is 5.23. The molecule has 0 radical (unpaired) electrons. The molecule has 158 valence electrons. The van der Waals surface area contributed by atoms with Gasteiger partial charge in [-0.2, -0.15) is 0 Å². The summed E-state index contributed by atoms with van der Waals surface area (Å²) in [5.74, 6) is 0.102. The highest BCUT2D eigenvalue weighted by atomic mass is 16.2. The monoisotopic (exact) mass is 405 g/mol. The number of hydrogen-bond acceptors (Lipinski definition) is 4. The number of hydrogen-bond donors (Lipinski definition) is 1. The molecule has 2 N–H and O–H groups in total. The Bertz CT molecular complexity index is 808. The first-order valence-corrected chi connectivity index (χ1v) is 11.0. The quantitative estimate of drug-likeness (QED) is 0.777. The largest absolute Gasteiger partial charge is 0.341 e. The van der Waals surface area contributed by atoms with Crippen LogP contribution in [0.1, 0.15) is 36.8 Å². The van der Waals surface area contributed by atoms with E-state index in [0.717, 1.165) is 49.6 Å². The van der Waals surface area contributed by atoms with E-state index in [9.17, 15) is 9.59 Å². The van der Waals surface area contributed by atoms with Gasteiger partial charge in [0.25, 0.3) is 0 Å². The Kier molecular flexibility index (Phi) is 6.30. The van der Waals surface area contributed by atoms with Gasteiger partial charge in [0.2, 0.25) is 5.91 Å². The number of nitrogens with two attached hydrogens (primary N) is 1. The Hall–Kier alpha value is -2.50. The minimum Gasteiger partial charge on any atom is -0.341 e. The number of carbonyl (C=O) groups is 2. The van der Waals surface area contributed by atoms with Crippen molar-refractivity contribution in [3.05, 3.63) is 71.8 Å². The lowest BCUT2D eigenvalue weighted by Crippen LogP contribution is -2.59. The maximum atomic E-state index is 13.0. The molecule has 30 heavy (non-hydrogen) atoms. The number of piperidine rings is 2. The van der Waals surface area contributed by atoms with Gasteiger partial charge in [0.1, 0.15) is 6.29 Å². The molecular weight excluding hydrogens is 374 g/mol. The first-order valence-electron chi connectivity index (χ1n) is 11.0. The first kappa shape index (κ1) is 20.8. The summed E-state index contributed by atoms with van der Waals surface area (Å²) >= 11 is 0. The molecule has 1 amide bonds. The number of aldehydes is 1. The van der Waals surface area contributed by atoms with E-state index >= 15 is 0 Å². The molecule has 4 rings (SSSR count). The molecule has 0 spiro atoms. The molecular formula is C25H31N3O2. The molecule has 2 aliphatic heterocycles. The lowest BCUT2D eigenvalue weighted by atomic mass is 9.64. The number of carbonyl (C=O) groups excluding carboxylic acids is 2. The van der Waals surface area contributed by atoms with Gasteiger partial charge in [0.15, 0.2) is 0 Å². The second-order valence-corrected chi connectivity index (χ2v) is 8.58. The lowest BCUT2D eigenvalue weighted by molar-refractivity contribution is -0.135. The van der Waals surface area contributed by atoms with Crippen LogP contribution in [-0.2, 0) is 15.0 Å². The van der Waals surface area contributed by atoms with Gasteiger partial charge in [-0.25, -0.2) is 0 Å². The van der Waals surface area contributed by atoms with Gasteiger partial charge in [-0.15, -0.1) is 0 Å². The Morgan fingerprint density at radius 2 is 1.53 bits per heavy atom. The van der Waals surface area contributed by atoms with Crippen LogP contribution in [0.4, 0.5) is 0 Å². The number of benzene rings is 2. The molecule has 0 saturated carbocycles. The zero-order chi connectivity index (χ0) is 21.0. The molecule has 2 aliphatic rings. The third kappa shape index (κ3) is 3.92. The van der Waals surface area contributed by atoms with Crippen LogP contribution in [0.15, 0.2) is 60.7 Å². The van der Waals surface area contributed by atoms with Crippen molar-refractivity contribution in [3.8, 4) is 0 Å². The van der Waals surface area contributed by atoms with E-state index in [1.807, 2.05) is 41.3 Å².